The summed E-state index contributed by atoms with van der Waals surface area (Å²) >= 11 is 0. The molecule has 3 nitrogen and oxygen atoms in total. The number of hydrogen-bond acceptors (Lipinski definition) is 3. The molecule has 0 unspecified atom stereocenters. The average molecular weight is 298 g/mol. The van der Waals surface area contributed by atoms with E-state index in [9.17, 15) is 4.79 Å². The number of esters is 1. The maximum atomic E-state index is 11.8. The quantitative estimate of drug-likeness (QED) is 0.556. The van der Waals surface area contributed by atoms with Crippen LogP contribution in [0.15, 0.2) is 48.5 Å². The van der Waals surface area contributed by atoms with Crippen molar-refractivity contribution in [2.45, 2.75) is 33.3 Å². The van der Waals surface area contributed by atoms with Crippen LogP contribution in [0.25, 0.3) is 0 Å². The predicted octanol–water partition coefficient (Wildman–Crippen LogP) is 4.53. The predicted molar refractivity (Wildman–Crippen MR) is 87.1 cm³/mol. The summed E-state index contributed by atoms with van der Waals surface area (Å²) in [6, 6.07) is 15.3. The van der Waals surface area contributed by atoms with Crippen LogP contribution in [0.1, 0.15) is 41.3 Å². The molecule has 2 aromatic carbocycles. The first-order valence-electron chi connectivity index (χ1n) is 7.64. The van der Waals surface area contributed by atoms with Gasteiger partial charge in [-0.1, -0.05) is 43.2 Å². The highest BCUT2D eigenvalue weighted by Gasteiger charge is 2.06. The summed E-state index contributed by atoms with van der Waals surface area (Å²) in [6.45, 7) is 5.11. The Labute approximate surface area is 131 Å². The third kappa shape index (κ3) is 4.92. The van der Waals surface area contributed by atoms with Gasteiger partial charge in [-0.05, 0) is 43.2 Å². The molecule has 0 saturated heterocycles. The standard InChI is InChI=1S/C19H22O3/c1-3-4-13-21-19(20)17-9-11-18(12-10-17)22-14-16-7-5-15(2)6-8-16/h5-12H,3-4,13-14H2,1-2H3. The Morgan fingerprint density at radius 2 is 1.68 bits per heavy atom. The number of benzene rings is 2. The van der Waals surface area contributed by atoms with Gasteiger partial charge in [0.1, 0.15) is 12.4 Å². The lowest BCUT2D eigenvalue weighted by Gasteiger charge is -2.08. The molecule has 0 bridgehead atoms. The Hall–Kier alpha value is -2.29. The summed E-state index contributed by atoms with van der Waals surface area (Å²) in [5.74, 6) is 0.462. The fourth-order valence-electron chi connectivity index (χ4n) is 1.93. The molecule has 0 aliphatic heterocycles. The average Bonchev–Trinajstić information content (AvgIpc) is 2.55. The van der Waals surface area contributed by atoms with Crippen LogP contribution < -0.4 is 4.74 Å². The molecule has 0 N–H and O–H groups in total. The summed E-state index contributed by atoms with van der Waals surface area (Å²) in [5.41, 5.74) is 2.90. The van der Waals surface area contributed by atoms with E-state index < -0.39 is 0 Å². The van der Waals surface area contributed by atoms with Crippen LogP contribution in [-0.4, -0.2) is 12.6 Å². The van der Waals surface area contributed by atoms with E-state index in [1.165, 1.54) is 5.56 Å². The third-order valence-electron chi connectivity index (χ3n) is 3.35. The van der Waals surface area contributed by atoms with Crippen molar-refractivity contribution >= 4 is 5.97 Å². The van der Waals surface area contributed by atoms with E-state index >= 15 is 0 Å². The summed E-state index contributed by atoms with van der Waals surface area (Å²) < 4.78 is 10.9. The fraction of sp³-hybridized carbons (Fsp3) is 0.316. The minimum Gasteiger partial charge on any atom is -0.489 e. The zero-order valence-corrected chi connectivity index (χ0v) is 13.2. The SMILES string of the molecule is CCCCOC(=O)c1ccc(OCc2ccc(C)cc2)cc1. The van der Waals surface area contributed by atoms with Crippen LogP contribution >= 0.6 is 0 Å². The van der Waals surface area contributed by atoms with Gasteiger partial charge in [-0.25, -0.2) is 4.79 Å². The summed E-state index contributed by atoms with van der Waals surface area (Å²) in [7, 11) is 0. The lowest BCUT2D eigenvalue weighted by atomic mass is 10.2. The molecule has 3 heteroatoms. The number of rotatable bonds is 7. The molecule has 0 amide bonds. The van der Waals surface area contributed by atoms with E-state index in [1.54, 1.807) is 24.3 Å². The van der Waals surface area contributed by atoms with Crippen LogP contribution in [0.5, 0.6) is 5.75 Å². The molecule has 0 spiro atoms. The van der Waals surface area contributed by atoms with Gasteiger partial charge in [0, 0.05) is 0 Å². The van der Waals surface area contributed by atoms with Crippen molar-refractivity contribution in [1.29, 1.82) is 0 Å². The molecule has 0 aliphatic carbocycles. The lowest BCUT2D eigenvalue weighted by Crippen LogP contribution is -2.06. The number of carbonyl (C=O) groups is 1. The highest BCUT2D eigenvalue weighted by atomic mass is 16.5. The number of unbranched alkanes of at least 4 members (excludes halogenated alkanes) is 1. The van der Waals surface area contributed by atoms with Crippen LogP contribution in [-0.2, 0) is 11.3 Å². The minimum atomic E-state index is -0.279. The smallest absolute Gasteiger partial charge is 0.338 e. The largest absolute Gasteiger partial charge is 0.489 e. The van der Waals surface area contributed by atoms with Gasteiger partial charge in [0.05, 0.1) is 12.2 Å². The van der Waals surface area contributed by atoms with Gasteiger partial charge in [-0.3, -0.25) is 0 Å². The highest BCUT2D eigenvalue weighted by Crippen LogP contribution is 2.15. The first kappa shape index (κ1) is 16.1. The van der Waals surface area contributed by atoms with E-state index in [0.717, 1.165) is 24.2 Å². The number of aryl methyl sites for hydroxylation is 1. The van der Waals surface area contributed by atoms with Crippen molar-refractivity contribution in [3.8, 4) is 5.75 Å². The van der Waals surface area contributed by atoms with Crippen LogP contribution in [0, 0.1) is 6.92 Å². The highest BCUT2D eigenvalue weighted by molar-refractivity contribution is 5.89. The number of carbonyl (C=O) groups excluding carboxylic acids is 1. The zero-order chi connectivity index (χ0) is 15.8. The van der Waals surface area contributed by atoms with E-state index in [4.69, 9.17) is 9.47 Å². The Morgan fingerprint density at radius 3 is 2.32 bits per heavy atom. The lowest BCUT2D eigenvalue weighted by molar-refractivity contribution is 0.0499. The van der Waals surface area contributed by atoms with Crippen LogP contribution in [0.3, 0.4) is 0 Å². The van der Waals surface area contributed by atoms with Crippen molar-refractivity contribution in [1.82, 2.24) is 0 Å². The van der Waals surface area contributed by atoms with Gasteiger partial charge in [0.25, 0.3) is 0 Å². The van der Waals surface area contributed by atoms with Gasteiger partial charge in [-0.2, -0.15) is 0 Å². The second-order valence-corrected chi connectivity index (χ2v) is 5.29. The van der Waals surface area contributed by atoms with Crippen molar-refractivity contribution < 1.29 is 14.3 Å². The maximum Gasteiger partial charge on any atom is 0.338 e. The molecular formula is C19H22O3. The number of hydrogen-bond donors (Lipinski definition) is 0. The second-order valence-electron chi connectivity index (χ2n) is 5.29. The van der Waals surface area contributed by atoms with Crippen molar-refractivity contribution in [2.24, 2.45) is 0 Å². The Morgan fingerprint density at radius 1 is 1.00 bits per heavy atom. The summed E-state index contributed by atoms with van der Waals surface area (Å²) in [5, 5.41) is 0. The molecule has 22 heavy (non-hydrogen) atoms. The second kappa shape index (κ2) is 8.23. The molecule has 2 aromatic rings. The molecule has 0 aromatic heterocycles. The molecule has 0 heterocycles. The molecule has 0 aliphatic rings. The van der Waals surface area contributed by atoms with E-state index in [1.807, 2.05) is 0 Å². The van der Waals surface area contributed by atoms with Crippen LogP contribution in [0.4, 0.5) is 0 Å². The summed E-state index contributed by atoms with van der Waals surface area (Å²) in [6.07, 6.45) is 1.91. The minimum absolute atomic E-state index is 0.279. The third-order valence-corrected chi connectivity index (χ3v) is 3.35. The van der Waals surface area contributed by atoms with Crippen LogP contribution in [0.2, 0.25) is 0 Å². The van der Waals surface area contributed by atoms with Crippen molar-refractivity contribution in [3.05, 3.63) is 65.2 Å². The Balaban J connectivity index is 1.86. The van der Waals surface area contributed by atoms with Gasteiger partial charge in [0.2, 0.25) is 0 Å². The number of ether oxygens (including phenoxy) is 2. The molecular weight excluding hydrogens is 276 g/mol. The van der Waals surface area contributed by atoms with Gasteiger partial charge in [0.15, 0.2) is 0 Å². The zero-order valence-electron chi connectivity index (χ0n) is 13.2. The van der Waals surface area contributed by atoms with Gasteiger partial charge >= 0.3 is 5.97 Å². The van der Waals surface area contributed by atoms with E-state index in [0.29, 0.717) is 18.8 Å². The first-order valence-corrected chi connectivity index (χ1v) is 7.64. The van der Waals surface area contributed by atoms with E-state index in [-0.39, 0.29) is 5.97 Å². The van der Waals surface area contributed by atoms with Gasteiger partial charge < -0.3 is 9.47 Å². The molecule has 116 valence electrons. The molecule has 0 radical (unpaired) electrons. The first-order chi connectivity index (χ1) is 10.7. The van der Waals surface area contributed by atoms with Gasteiger partial charge in [-0.15, -0.1) is 0 Å². The van der Waals surface area contributed by atoms with Crippen molar-refractivity contribution in [3.63, 3.8) is 0 Å². The van der Waals surface area contributed by atoms with E-state index in [2.05, 4.69) is 38.1 Å². The van der Waals surface area contributed by atoms with Crippen molar-refractivity contribution in [2.75, 3.05) is 6.61 Å². The Kier molecular flexibility index (Phi) is 6.01. The topological polar surface area (TPSA) is 35.5 Å². The maximum absolute atomic E-state index is 11.8. The summed E-state index contributed by atoms with van der Waals surface area (Å²) in [4.78, 5) is 11.8. The Bertz CT molecular complexity index is 585. The molecule has 0 atom stereocenters. The normalized spacial score (nSPS) is 10.3. The molecule has 2 rings (SSSR count). The molecule has 0 fully saturated rings. The monoisotopic (exact) mass is 298 g/mol. The fourth-order valence-corrected chi connectivity index (χ4v) is 1.93. The molecule has 0 saturated carbocycles.